The van der Waals surface area contributed by atoms with Crippen molar-refractivity contribution in [3.05, 3.63) is 35.9 Å². The maximum atomic E-state index is 12.7. The number of aliphatic carboxylic acids is 1. The Morgan fingerprint density at radius 1 is 0.906 bits per heavy atom. The summed E-state index contributed by atoms with van der Waals surface area (Å²) in [7, 11) is 0. The van der Waals surface area contributed by atoms with Gasteiger partial charge >= 0.3 is 5.97 Å². The number of carbonyl (C=O) groups is 5. The number of primary amides is 1. The van der Waals surface area contributed by atoms with Crippen LogP contribution in [0.2, 0.25) is 0 Å². The Morgan fingerprint density at radius 3 is 1.97 bits per heavy atom. The van der Waals surface area contributed by atoms with Gasteiger partial charge in [0.2, 0.25) is 23.6 Å². The fraction of sp³-hybridized carbons (Fsp3) is 0.476. The summed E-state index contributed by atoms with van der Waals surface area (Å²) in [5.74, 6) is -4.28. The van der Waals surface area contributed by atoms with E-state index in [0.717, 1.165) is 0 Å². The highest BCUT2D eigenvalue weighted by Crippen LogP contribution is 2.07. The SMILES string of the molecule is CC(C)CC(NC(=O)CN)C(=O)NC(CC(N)=O)C(=O)NC(Cc1ccccc1)C(=O)O. The fourth-order valence-electron chi connectivity index (χ4n) is 2.96. The number of carbonyl (C=O) groups excluding carboxylic acids is 4. The molecule has 11 heteroatoms. The van der Waals surface area contributed by atoms with Gasteiger partial charge in [0.15, 0.2) is 0 Å². The average molecular weight is 450 g/mol. The lowest BCUT2D eigenvalue weighted by molar-refractivity contribution is -0.142. The fourth-order valence-corrected chi connectivity index (χ4v) is 2.96. The molecule has 11 nitrogen and oxygen atoms in total. The van der Waals surface area contributed by atoms with Crippen LogP contribution < -0.4 is 27.4 Å². The minimum Gasteiger partial charge on any atom is -0.480 e. The molecule has 1 aromatic carbocycles. The van der Waals surface area contributed by atoms with Gasteiger partial charge < -0.3 is 32.5 Å². The van der Waals surface area contributed by atoms with Crippen molar-refractivity contribution in [1.29, 1.82) is 0 Å². The number of nitrogens with two attached hydrogens (primary N) is 2. The third kappa shape index (κ3) is 9.56. The third-order valence-corrected chi connectivity index (χ3v) is 4.48. The van der Waals surface area contributed by atoms with Crippen molar-refractivity contribution >= 4 is 29.6 Å². The van der Waals surface area contributed by atoms with E-state index in [2.05, 4.69) is 16.0 Å². The summed E-state index contributed by atoms with van der Waals surface area (Å²) < 4.78 is 0. The highest BCUT2D eigenvalue weighted by Gasteiger charge is 2.30. The first-order chi connectivity index (χ1) is 15.0. The molecule has 0 aliphatic rings. The van der Waals surface area contributed by atoms with Gasteiger partial charge in [-0.2, -0.15) is 0 Å². The molecule has 0 saturated heterocycles. The monoisotopic (exact) mass is 449 g/mol. The number of benzene rings is 1. The summed E-state index contributed by atoms with van der Waals surface area (Å²) in [5.41, 5.74) is 11.2. The minimum atomic E-state index is -1.41. The molecule has 0 heterocycles. The van der Waals surface area contributed by atoms with Crippen molar-refractivity contribution < 1.29 is 29.1 Å². The molecule has 8 N–H and O–H groups in total. The summed E-state index contributed by atoms with van der Waals surface area (Å²) >= 11 is 0. The van der Waals surface area contributed by atoms with Gasteiger partial charge in [-0.05, 0) is 17.9 Å². The first-order valence-corrected chi connectivity index (χ1v) is 10.2. The standard InChI is InChI=1S/C21H31N5O6/c1-12(2)8-14(24-18(28)11-22)19(29)25-15(10-17(23)27)20(30)26-16(21(31)32)9-13-6-4-3-5-7-13/h3-7,12,14-16H,8-11,22H2,1-2H3,(H2,23,27)(H,24,28)(H,25,29)(H,26,30)(H,31,32). The molecule has 0 saturated carbocycles. The molecule has 0 bridgehead atoms. The van der Waals surface area contributed by atoms with Crippen LogP contribution in [0.3, 0.4) is 0 Å². The molecule has 1 aromatic rings. The minimum absolute atomic E-state index is 0.00167. The molecule has 0 fully saturated rings. The molecule has 0 radical (unpaired) electrons. The third-order valence-electron chi connectivity index (χ3n) is 4.48. The molecule has 32 heavy (non-hydrogen) atoms. The quantitative estimate of drug-likeness (QED) is 0.214. The summed E-state index contributed by atoms with van der Waals surface area (Å²) in [5, 5.41) is 16.7. The maximum Gasteiger partial charge on any atom is 0.326 e. The second-order valence-electron chi connectivity index (χ2n) is 7.77. The molecule has 4 amide bonds. The van der Waals surface area contributed by atoms with Crippen LogP contribution in [0.25, 0.3) is 0 Å². The summed E-state index contributed by atoms with van der Waals surface area (Å²) in [6.45, 7) is 3.35. The Balaban J connectivity index is 2.97. The Hall–Kier alpha value is -3.47. The van der Waals surface area contributed by atoms with E-state index in [4.69, 9.17) is 11.5 Å². The number of rotatable bonds is 13. The Bertz CT molecular complexity index is 814. The van der Waals surface area contributed by atoms with E-state index >= 15 is 0 Å². The lowest BCUT2D eigenvalue weighted by Gasteiger charge is -2.24. The van der Waals surface area contributed by atoms with E-state index in [9.17, 15) is 29.1 Å². The van der Waals surface area contributed by atoms with Crippen molar-refractivity contribution in [2.24, 2.45) is 17.4 Å². The molecule has 0 aliphatic heterocycles. The molecule has 176 valence electrons. The van der Waals surface area contributed by atoms with E-state index in [1.165, 1.54) is 0 Å². The van der Waals surface area contributed by atoms with Crippen LogP contribution in [0.1, 0.15) is 32.3 Å². The molecule has 0 aromatic heterocycles. The molecule has 3 atom stereocenters. The predicted molar refractivity (Wildman–Crippen MR) is 116 cm³/mol. The van der Waals surface area contributed by atoms with E-state index in [1.807, 2.05) is 13.8 Å². The Kier molecular flexibility index (Phi) is 10.8. The van der Waals surface area contributed by atoms with E-state index in [0.29, 0.717) is 5.56 Å². The second kappa shape index (κ2) is 13.1. The Morgan fingerprint density at radius 2 is 1.47 bits per heavy atom. The van der Waals surface area contributed by atoms with E-state index in [-0.39, 0.29) is 25.3 Å². The molecular weight excluding hydrogens is 418 g/mol. The predicted octanol–water partition coefficient (Wildman–Crippen LogP) is -1.35. The van der Waals surface area contributed by atoms with Crippen LogP contribution in [-0.2, 0) is 30.4 Å². The lowest BCUT2D eigenvalue weighted by atomic mass is 10.0. The normalized spacial score (nSPS) is 13.5. The summed E-state index contributed by atoms with van der Waals surface area (Å²) in [4.78, 5) is 60.2. The second-order valence-corrected chi connectivity index (χ2v) is 7.77. The smallest absolute Gasteiger partial charge is 0.326 e. The number of hydrogen-bond acceptors (Lipinski definition) is 6. The molecule has 3 unspecified atom stereocenters. The molecular formula is C21H31N5O6. The number of carboxylic acids is 1. The topological polar surface area (TPSA) is 194 Å². The maximum absolute atomic E-state index is 12.7. The molecule has 1 rings (SSSR count). The van der Waals surface area contributed by atoms with Crippen LogP contribution in [0.5, 0.6) is 0 Å². The number of hydrogen-bond donors (Lipinski definition) is 6. The van der Waals surface area contributed by atoms with Gasteiger partial charge in [-0.1, -0.05) is 44.2 Å². The van der Waals surface area contributed by atoms with Crippen LogP contribution in [0, 0.1) is 5.92 Å². The summed E-state index contributed by atoms with van der Waals surface area (Å²) in [6, 6.07) is 4.96. The van der Waals surface area contributed by atoms with Gasteiger partial charge in [-0.15, -0.1) is 0 Å². The highest BCUT2D eigenvalue weighted by molar-refractivity contribution is 5.95. The zero-order valence-electron chi connectivity index (χ0n) is 18.2. The van der Waals surface area contributed by atoms with E-state index in [1.54, 1.807) is 30.3 Å². The number of nitrogens with one attached hydrogen (secondary N) is 3. The van der Waals surface area contributed by atoms with Crippen molar-refractivity contribution in [3.8, 4) is 0 Å². The Labute approximate surface area is 186 Å². The van der Waals surface area contributed by atoms with Gasteiger partial charge in [0.25, 0.3) is 0 Å². The van der Waals surface area contributed by atoms with Gasteiger partial charge in [-0.3, -0.25) is 19.2 Å². The van der Waals surface area contributed by atoms with Crippen molar-refractivity contribution in [3.63, 3.8) is 0 Å². The average Bonchev–Trinajstić information content (AvgIpc) is 2.72. The van der Waals surface area contributed by atoms with Gasteiger partial charge in [0.05, 0.1) is 13.0 Å². The van der Waals surface area contributed by atoms with Crippen LogP contribution in [0.15, 0.2) is 30.3 Å². The van der Waals surface area contributed by atoms with Crippen molar-refractivity contribution in [2.75, 3.05) is 6.54 Å². The number of carboxylic acid groups (broad SMARTS) is 1. The van der Waals surface area contributed by atoms with Gasteiger partial charge in [0.1, 0.15) is 18.1 Å². The molecule has 0 spiro atoms. The van der Waals surface area contributed by atoms with Gasteiger partial charge in [0, 0.05) is 6.42 Å². The first kappa shape index (κ1) is 26.6. The van der Waals surface area contributed by atoms with Crippen LogP contribution in [-0.4, -0.2) is 59.4 Å². The lowest BCUT2D eigenvalue weighted by Crippen LogP contribution is -2.57. The van der Waals surface area contributed by atoms with Crippen LogP contribution >= 0.6 is 0 Å². The largest absolute Gasteiger partial charge is 0.480 e. The van der Waals surface area contributed by atoms with Gasteiger partial charge in [-0.25, -0.2) is 4.79 Å². The van der Waals surface area contributed by atoms with E-state index < -0.39 is 54.1 Å². The van der Waals surface area contributed by atoms with Crippen molar-refractivity contribution in [2.45, 2.75) is 51.2 Å². The number of amides is 4. The highest BCUT2D eigenvalue weighted by atomic mass is 16.4. The first-order valence-electron chi connectivity index (χ1n) is 10.2. The van der Waals surface area contributed by atoms with Crippen LogP contribution in [0.4, 0.5) is 0 Å². The molecule has 0 aliphatic carbocycles. The zero-order chi connectivity index (χ0) is 24.3. The van der Waals surface area contributed by atoms with Crippen molar-refractivity contribution in [1.82, 2.24) is 16.0 Å². The summed E-state index contributed by atoms with van der Waals surface area (Å²) in [6.07, 6.45) is -0.287. The zero-order valence-corrected chi connectivity index (χ0v) is 18.2.